The fraction of sp³-hybridized carbons (Fsp3) is 0.286. The van der Waals surface area contributed by atoms with Gasteiger partial charge >= 0.3 is 11.9 Å². The number of carbonyl (C=O) groups excluding carboxylic acids is 1. The molecular weight excluding hydrogens is 536 g/mol. The second-order valence-electron chi connectivity index (χ2n) is 9.29. The molecule has 0 saturated heterocycles. The summed E-state index contributed by atoms with van der Waals surface area (Å²) in [5.41, 5.74) is -0.122. The number of pyridine rings is 1. The Morgan fingerprint density at radius 3 is 2.83 bits per heavy atom. The second-order valence-corrected chi connectivity index (χ2v) is 10.3. The van der Waals surface area contributed by atoms with Crippen molar-refractivity contribution in [2.45, 2.75) is 37.6 Å². The third-order valence-corrected chi connectivity index (χ3v) is 7.14. The second kappa shape index (κ2) is 10.4. The molecule has 2 saturated carbocycles. The van der Waals surface area contributed by atoms with Gasteiger partial charge in [0.25, 0.3) is 12.3 Å². The van der Waals surface area contributed by atoms with E-state index in [-0.39, 0.29) is 27.6 Å². The number of nitrogens with zero attached hydrogens (tertiary/aromatic N) is 6. The lowest BCUT2D eigenvalue weighted by Crippen LogP contribution is -2.17. The summed E-state index contributed by atoms with van der Waals surface area (Å²) >= 11 is 1.13. The zero-order valence-corrected chi connectivity index (χ0v) is 21.9. The van der Waals surface area contributed by atoms with Crippen LogP contribution in [0.25, 0.3) is 11.1 Å². The number of amides is 1. The quantitative estimate of drug-likeness (QED) is 0.361. The minimum atomic E-state index is -2.83. The first-order valence-electron chi connectivity index (χ1n) is 12.4. The van der Waals surface area contributed by atoms with Gasteiger partial charge in [0.2, 0.25) is 5.13 Å². The van der Waals surface area contributed by atoms with E-state index in [2.05, 4.69) is 60.5 Å². The number of aromatic nitrogens is 6. The molecule has 4 aromatic heterocycles. The third kappa shape index (κ3) is 5.33. The van der Waals surface area contributed by atoms with Crippen molar-refractivity contribution < 1.29 is 23.3 Å². The van der Waals surface area contributed by atoms with Gasteiger partial charge in [0.1, 0.15) is 17.0 Å². The number of alkyl halides is 2. The lowest BCUT2D eigenvalue weighted by molar-refractivity contribution is -0.298. The van der Waals surface area contributed by atoms with Crippen LogP contribution in [0.1, 0.15) is 58.9 Å². The zero-order valence-electron chi connectivity index (χ0n) is 21.1. The van der Waals surface area contributed by atoms with Crippen LogP contribution in [0.5, 0.6) is 5.75 Å². The van der Waals surface area contributed by atoms with Crippen LogP contribution < -0.4 is 15.0 Å². The van der Waals surface area contributed by atoms with E-state index in [9.17, 15) is 13.6 Å². The largest absolute Gasteiger partial charge is 0.494 e. The number of anilines is 1. The Hall–Kier alpha value is -4.86. The zero-order chi connectivity index (χ0) is 27.7. The molecule has 4 aromatic rings. The predicted molar refractivity (Wildman–Crippen MR) is 139 cm³/mol. The highest BCUT2D eigenvalue weighted by atomic mass is 32.1. The van der Waals surface area contributed by atoms with Crippen molar-refractivity contribution in [3.63, 3.8) is 0 Å². The molecule has 0 aromatic carbocycles. The summed E-state index contributed by atoms with van der Waals surface area (Å²) < 4.78 is 34.4. The first-order chi connectivity index (χ1) is 19.4. The number of ether oxygens (including phenoxy) is 1. The van der Waals surface area contributed by atoms with Crippen LogP contribution in [0.2, 0.25) is 0 Å². The van der Waals surface area contributed by atoms with E-state index >= 15 is 0 Å². The van der Waals surface area contributed by atoms with Crippen LogP contribution in [0.4, 0.5) is 13.9 Å². The van der Waals surface area contributed by atoms with Gasteiger partial charge in [-0.25, -0.2) is 8.78 Å². The number of hydrogen-bond acceptors (Lipinski definition) is 7. The van der Waals surface area contributed by atoms with Crippen molar-refractivity contribution in [2.24, 2.45) is 5.92 Å². The number of nitrogens with one attached hydrogen (secondary N) is 1. The highest BCUT2D eigenvalue weighted by molar-refractivity contribution is 7.15. The van der Waals surface area contributed by atoms with Crippen molar-refractivity contribution in [1.82, 2.24) is 25.0 Å². The van der Waals surface area contributed by atoms with Crippen LogP contribution >= 0.6 is 11.3 Å². The molecule has 0 atom stereocenters. The summed E-state index contributed by atoms with van der Waals surface area (Å²) in [6.07, 6.45) is 8.49. The maximum Gasteiger partial charge on any atom is 0.391 e. The lowest BCUT2D eigenvalue weighted by Gasteiger charge is -2.11. The molecular formula is C28H20F2N7O2S+. The van der Waals surface area contributed by atoms with E-state index < -0.39 is 23.6 Å². The Morgan fingerprint density at radius 2 is 2.12 bits per heavy atom. The highest BCUT2D eigenvalue weighted by Crippen LogP contribution is 2.42. The van der Waals surface area contributed by atoms with Gasteiger partial charge in [0.05, 0.1) is 13.3 Å². The molecule has 6 rings (SSSR count). The van der Waals surface area contributed by atoms with Gasteiger partial charge in [-0.1, -0.05) is 23.2 Å². The molecule has 2 aliphatic carbocycles. The summed E-state index contributed by atoms with van der Waals surface area (Å²) in [7, 11) is 1.39. The maximum absolute atomic E-state index is 13.6. The topological polar surface area (TPSA) is 109 Å². The van der Waals surface area contributed by atoms with E-state index in [0.717, 1.165) is 37.0 Å². The molecule has 1 amide bonds. The summed E-state index contributed by atoms with van der Waals surface area (Å²) in [4.78, 5) is 21.4. The average molecular weight is 557 g/mol. The molecule has 1 N–H and O–H groups in total. The Balaban J connectivity index is 1.37. The minimum absolute atomic E-state index is 0.00991. The lowest BCUT2D eigenvalue weighted by atomic mass is 9.99. The van der Waals surface area contributed by atoms with Gasteiger partial charge in [-0.2, -0.15) is 5.10 Å². The monoisotopic (exact) mass is 556 g/mol. The number of hydrogen-bond donors (Lipinski definition) is 1. The normalized spacial score (nSPS) is 14.8. The fourth-order valence-electron chi connectivity index (χ4n) is 3.93. The molecule has 12 heteroatoms. The van der Waals surface area contributed by atoms with Gasteiger partial charge in [0.15, 0.2) is 10.6 Å². The molecule has 2 aliphatic rings. The predicted octanol–water partition coefficient (Wildman–Crippen LogP) is 3.70. The molecule has 2 fully saturated rings. The average Bonchev–Trinajstić information content (AvgIpc) is 3.85. The van der Waals surface area contributed by atoms with E-state index in [1.165, 1.54) is 19.4 Å². The van der Waals surface area contributed by atoms with Gasteiger partial charge < -0.3 is 4.74 Å². The fourth-order valence-corrected chi connectivity index (χ4v) is 4.53. The summed E-state index contributed by atoms with van der Waals surface area (Å²) in [5, 5.41) is 15.7. The number of halogens is 2. The Morgan fingerprint density at radius 1 is 1.27 bits per heavy atom. The minimum Gasteiger partial charge on any atom is -0.494 e. The molecule has 0 aliphatic heterocycles. The SMILES string of the molecule is COc1cnc(C(F)F)cc1-c1cc(C#CC2(n3cccn3)CC2)[n+]#cc1C(=O)Nc1nnc(C#CC2CC2)s1. The van der Waals surface area contributed by atoms with Gasteiger partial charge in [-0.3, -0.25) is 19.8 Å². The molecule has 0 unspecified atom stereocenters. The summed E-state index contributed by atoms with van der Waals surface area (Å²) in [5.74, 6) is 12.3. The number of methoxy groups -OCH3 is 1. The van der Waals surface area contributed by atoms with Crippen molar-refractivity contribution >= 4 is 22.4 Å². The van der Waals surface area contributed by atoms with Gasteiger partial charge in [-0.05, 0) is 48.7 Å². The summed E-state index contributed by atoms with van der Waals surface area (Å²) in [6.45, 7) is 0. The van der Waals surface area contributed by atoms with E-state index in [1.54, 1.807) is 16.9 Å². The Kier molecular flexibility index (Phi) is 6.59. The van der Waals surface area contributed by atoms with Crippen molar-refractivity contribution in [3.8, 4) is 40.6 Å². The Labute approximate surface area is 232 Å². The first kappa shape index (κ1) is 25.4. The summed E-state index contributed by atoms with van der Waals surface area (Å²) in [6, 6.07) is 4.57. The smallest absolute Gasteiger partial charge is 0.391 e. The standard InChI is InChI=1S/C28H19F2N7O2S/c1-39-23-16-32-22(25(29)30)14-20(23)19-13-18(7-8-28(9-10-28)37-12-2-11-33-37)31-15-21(19)26(38)34-27-36-35-24(40-27)6-5-17-3-4-17/h2,11-14,16-17,25H,3-4,9-10H2,1H3/p+1. The molecule has 4 heterocycles. The third-order valence-electron chi connectivity index (χ3n) is 6.38. The van der Waals surface area contributed by atoms with Gasteiger partial charge in [0, 0.05) is 41.4 Å². The van der Waals surface area contributed by atoms with Crippen LogP contribution in [0, 0.1) is 35.8 Å². The van der Waals surface area contributed by atoms with Crippen molar-refractivity contribution in [3.05, 3.63) is 64.9 Å². The number of carbonyl (C=O) groups is 1. The molecule has 40 heavy (non-hydrogen) atoms. The van der Waals surface area contributed by atoms with Crippen LogP contribution in [-0.4, -0.2) is 38.0 Å². The van der Waals surface area contributed by atoms with Crippen LogP contribution in [0.15, 0.2) is 36.8 Å². The first-order valence-corrected chi connectivity index (χ1v) is 13.2. The number of rotatable bonds is 6. The van der Waals surface area contributed by atoms with Gasteiger partial charge in [-0.15, -0.1) is 10.2 Å². The Bertz CT molecular complexity index is 1710. The maximum atomic E-state index is 13.6. The van der Waals surface area contributed by atoms with E-state index in [1.807, 2.05) is 12.3 Å². The van der Waals surface area contributed by atoms with E-state index in [4.69, 9.17) is 4.74 Å². The molecule has 0 spiro atoms. The molecule has 0 bridgehead atoms. The van der Waals surface area contributed by atoms with Crippen molar-refractivity contribution in [1.29, 1.82) is 0 Å². The molecule has 0 radical (unpaired) electrons. The van der Waals surface area contributed by atoms with E-state index in [0.29, 0.717) is 16.6 Å². The highest BCUT2D eigenvalue weighted by Gasteiger charge is 2.44. The van der Waals surface area contributed by atoms with Crippen LogP contribution in [-0.2, 0) is 5.54 Å². The molecule has 198 valence electrons. The molecule has 9 nitrogen and oxygen atoms in total. The van der Waals surface area contributed by atoms with Crippen molar-refractivity contribution in [2.75, 3.05) is 12.4 Å². The van der Waals surface area contributed by atoms with Crippen LogP contribution in [0.3, 0.4) is 0 Å².